The van der Waals surface area contributed by atoms with Crippen LogP contribution in [-0.2, 0) is 0 Å². The van der Waals surface area contributed by atoms with Crippen molar-refractivity contribution in [3.05, 3.63) is 56.7 Å². The van der Waals surface area contributed by atoms with Gasteiger partial charge in [-0.15, -0.1) is 11.3 Å². The minimum atomic E-state index is 0.361. The number of halogens is 1. The predicted octanol–water partition coefficient (Wildman–Crippen LogP) is 4.92. The second-order valence-electron chi connectivity index (χ2n) is 4.15. The van der Waals surface area contributed by atoms with Crippen molar-refractivity contribution >= 4 is 27.3 Å². The lowest BCUT2D eigenvalue weighted by Gasteiger charge is -2.20. The van der Waals surface area contributed by atoms with Gasteiger partial charge in [0.05, 0.1) is 0 Å². The van der Waals surface area contributed by atoms with Gasteiger partial charge in [-0.25, -0.2) is 0 Å². The summed E-state index contributed by atoms with van der Waals surface area (Å²) in [6.45, 7) is 4.41. The minimum Gasteiger partial charge on any atom is -0.303 e. The quantitative estimate of drug-likeness (QED) is 0.845. The molecular formula is C14H16BrNS. The molecule has 0 aliphatic carbocycles. The van der Waals surface area contributed by atoms with E-state index in [4.69, 9.17) is 0 Å². The standard InChI is InChI=1S/C14H16BrNS/c1-10(12-6-4-3-5-7-12)16-11(2)14-13(15)8-9-17-14/h3-11,16H,1-2H3/t10-,11?/m0/s1. The fraction of sp³-hybridized carbons (Fsp3) is 0.286. The first kappa shape index (κ1) is 12.8. The average Bonchev–Trinajstić information content (AvgIpc) is 2.76. The van der Waals surface area contributed by atoms with E-state index in [9.17, 15) is 0 Å². The first-order valence-electron chi connectivity index (χ1n) is 5.72. The van der Waals surface area contributed by atoms with Crippen LogP contribution in [0.25, 0.3) is 0 Å². The van der Waals surface area contributed by atoms with E-state index < -0.39 is 0 Å². The van der Waals surface area contributed by atoms with E-state index in [0.717, 1.165) is 0 Å². The third-order valence-electron chi connectivity index (χ3n) is 2.84. The summed E-state index contributed by atoms with van der Waals surface area (Å²) < 4.78 is 1.20. The first-order valence-corrected chi connectivity index (χ1v) is 7.39. The summed E-state index contributed by atoms with van der Waals surface area (Å²) in [4.78, 5) is 1.35. The van der Waals surface area contributed by atoms with E-state index >= 15 is 0 Å². The summed E-state index contributed by atoms with van der Waals surface area (Å²) in [5, 5.41) is 5.74. The molecule has 2 rings (SSSR count). The molecule has 0 saturated carbocycles. The van der Waals surface area contributed by atoms with Crippen LogP contribution in [0, 0.1) is 0 Å². The van der Waals surface area contributed by atoms with Crippen molar-refractivity contribution in [2.45, 2.75) is 25.9 Å². The fourth-order valence-electron chi connectivity index (χ4n) is 1.90. The third-order valence-corrected chi connectivity index (χ3v) is 4.89. The number of thiophene rings is 1. The Morgan fingerprint density at radius 2 is 1.76 bits per heavy atom. The number of hydrogen-bond donors (Lipinski definition) is 1. The maximum atomic E-state index is 3.62. The Balaban J connectivity index is 2.05. The lowest BCUT2D eigenvalue weighted by molar-refractivity contribution is 0.499. The van der Waals surface area contributed by atoms with Crippen LogP contribution in [0.15, 0.2) is 46.3 Å². The molecule has 1 nitrogen and oxygen atoms in total. The normalized spacial score (nSPS) is 14.5. The highest BCUT2D eigenvalue weighted by Gasteiger charge is 2.14. The molecule has 1 heterocycles. The van der Waals surface area contributed by atoms with Gasteiger partial charge in [-0.1, -0.05) is 30.3 Å². The van der Waals surface area contributed by atoms with Crippen molar-refractivity contribution in [2.24, 2.45) is 0 Å². The number of hydrogen-bond acceptors (Lipinski definition) is 2. The molecule has 0 amide bonds. The van der Waals surface area contributed by atoms with E-state index in [1.807, 2.05) is 0 Å². The maximum absolute atomic E-state index is 3.62. The van der Waals surface area contributed by atoms with Crippen LogP contribution in [-0.4, -0.2) is 0 Å². The second-order valence-corrected chi connectivity index (χ2v) is 5.96. The molecule has 0 aliphatic heterocycles. The minimum absolute atomic E-state index is 0.361. The molecule has 2 aromatic rings. The number of rotatable bonds is 4. The van der Waals surface area contributed by atoms with Gasteiger partial charge < -0.3 is 5.32 Å². The topological polar surface area (TPSA) is 12.0 Å². The summed E-state index contributed by atoms with van der Waals surface area (Å²) in [5.74, 6) is 0. The zero-order valence-electron chi connectivity index (χ0n) is 9.98. The lowest BCUT2D eigenvalue weighted by Crippen LogP contribution is -2.21. The van der Waals surface area contributed by atoms with Crippen molar-refractivity contribution < 1.29 is 0 Å². The highest BCUT2D eigenvalue weighted by molar-refractivity contribution is 9.10. The van der Waals surface area contributed by atoms with Crippen molar-refractivity contribution in [1.29, 1.82) is 0 Å². The Hall–Kier alpha value is -0.640. The molecule has 0 radical (unpaired) electrons. The zero-order chi connectivity index (χ0) is 12.3. The predicted molar refractivity (Wildman–Crippen MR) is 78.4 cm³/mol. The van der Waals surface area contributed by atoms with Crippen molar-refractivity contribution in [2.75, 3.05) is 0 Å². The molecule has 90 valence electrons. The molecule has 2 atom stereocenters. The molecule has 0 spiro atoms. The molecule has 1 unspecified atom stereocenters. The Morgan fingerprint density at radius 3 is 2.35 bits per heavy atom. The molecule has 1 aromatic carbocycles. The average molecular weight is 310 g/mol. The molecule has 0 saturated heterocycles. The van der Waals surface area contributed by atoms with Gasteiger partial charge >= 0.3 is 0 Å². The van der Waals surface area contributed by atoms with Crippen LogP contribution < -0.4 is 5.32 Å². The Bertz CT molecular complexity index is 466. The molecular weight excluding hydrogens is 294 g/mol. The fourth-order valence-corrected chi connectivity index (χ4v) is 3.64. The monoisotopic (exact) mass is 309 g/mol. The van der Waals surface area contributed by atoms with Gasteiger partial charge in [-0.3, -0.25) is 0 Å². The Kier molecular flexibility index (Phi) is 4.37. The van der Waals surface area contributed by atoms with Crippen LogP contribution in [0.4, 0.5) is 0 Å². The van der Waals surface area contributed by atoms with Crippen LogP contribution in [0.2, 0.25) is 0 Å². The molecule has 17 heavy (non-hydrogen) atoms. The largest absolute Gasteiger partial charge is 0.303 e. The summed E-state index contributed by atoms with van der Waals surface area (Å²) in [5.41, 5.74) is 1.33. The number of nitrogens with one attached hydrogen (secondary N) is 1. The van der Waals surface area contributed by atoms with Gasteiger partial charge in [-0.05, 0) is 46.8 Å². The Labute approximate surface area is 115 Å². The van der Waals surface area contributed by atoms with Crippen LogP contribution >= 0.6 is 27.3 Å². The maximum Gasteiger partial charge on any atom is 0.0402 e. The van der Waals surface area contributed by atoms with E-state index in [2.05, 4.69) is 76.9 Å². The van der Waals surface area contributed by atoms with Crippen molar-refractivity contribution in [1.82, 2.24) is 5.32 Å². The molecule has 3 heteroatoms. The Morgan fingerprint density at radius 1 is 1.06 bits per heavy atom. The van der Waals surface area contributed by atoms with Crippen LogP contribution in [0.5, 0.6) is 0 Å². The second kappa shape index (κ2) is 5.80. The highest BCUT2D eigenvalue weighted by Crippen LogP contribution is 2.30. The highest BCUT2D eigenvalue weighted by atomic mass is 79.9. The summed E-state index contributed by atoms with van der Waals surface area (Å²) in [7, 11) is 0. The van der Waals surface area contributed by atoms with E-state index in [1.165, 1.54) is 14.9 Å². The van der Waals surface area contributed by atoms with Gasteiger partial charge in [0.15, 0.2) is 0 Å². The van der Waals surface area contributed by atoms with E-state index in [1.54, 1.807) is 11.3 Å². The van der Waals surface area contributed by atoms with E-state index in [0.29, 0.717) is 12.1 Å². The summed E-state index contributed by atoms with van der Waals surface area (Å²) >= 11 is 5.37. The summed E-state index contributed by atoms with van der Waals surface area (Å²) in [6.07, 6.45) is 0. The zero-order valence-corrected chi connectivity index (χ0v) is 12.4. The van der Waals surface area contributed by atoms with Crippen LogP contribution in [0.3, 0.4) is 0 Å². The third kappa shape index (κ3) is 3.18. The van der Waals surface area contributed by atoms with Crippen molar-refractivity contribution in [3.8, 4) is 0 Å². The number of benzene rings is 1. The van der Waals surface area contributed by atoms with Gasteiger partial charge in [0.25, 0.3) is 0 Å². The van der Waals surface area contributed by atoms with Crippen LogP contribution in [0.1, 0.15) is 36.4 Å². The van der Waals surface area contributed by atoms with Gasteiger partial charge in [0.2, 0.25) is 0 Å². The van der Waals surface area contributed by atoms with Crippen molar-refractivity contribution in [3.63, 3.8) is 0 Å². The molecule has 0 bridgehead atoms. The smallest absolute Gasteiger partial charge is 0.0402 e. The molecule has 1 N–H and O–H groups in total. The lowest BCUT2D eigenvalue weighted by atomic mass is 10.1. The SMILES string of the molecule is CC(N[C@@H](C)c1ccccc1)c1sccc1Br. The molecule has 0 aliphatic rings. The summed E-state index contributed by atoms with van der Waals surface area (Å²) in [6, 6.07) is 13.4. The molecule has 1 aromatic heterocycles. The van der Waals surface area contributed by atoms with Gasteiger partial charge in [-0.2, -0.15) is 0 Å². The first-order chi connectivity index (χ1) is 8.18. The van der Waals surface area contributed by atoms with E-state index in [-0.39, 0.29) is 0 Å². The van der Waals surface area contributed by atoms with Gasteiger partial charge in [0, 0.05) is 21.4 Å². The van der Waals surface area contributed by atoms with Gasteiger partial charge in [0.1, 0.15) is 0 Å². The molecule has 0 fully saturated rings.